The zero-order valence-electron chi connectivity index (χ0n) is 12.1. The number of nitrogens with one attached hydrogen (secondary N) is 1. The molecule has 20 heavy (non-hydrogen) atoms. The van der Waals surface area contributed by atoms with Gasteiger partial charge in [-0.2, -0.15) is 0 Å². The maximum atomic E-state index is 12.1. The molecule has 2 N–H and O–H groups in total. The molecular formula is C13H22N2O4S. The van der Waals surface area contributed by atoms with Crippen LogP contribution in [-0.4, -0.2) is 30.6 Å². The van der Waals surface area contributed by atoms with Gasteiger partial charge in [0.05, 0.1) is 0 Å². The molecule has 0 unspecified atom stereocenters. The summed E-state index contributed by atoms with van der Waals surface area (Å²) >= 11 is 0. The minimum absolute atomic E-state index is 0.00120. The highest BCUT2D eigenvalue weighted by Gasteiger charge is 2.20. The van der Waals surface area contributed by atoms with Crippen LogP contribution in [0.5, 0.6) is 0 Å². The van der Waals surface area contributed by atoms with E-state index in [1.807, 2.05) is 0 Å². The molecule has 0 atom stereocenters. The summed E-state index contributed by atoms with van der Waals surface area (Å²) in [6.07, 6.45) is 3.06. The number of nitrogens with zero attached hydrogens (tertiary/aromatic N) is 1. The molecule has 6 nitrogen and oxygen atoms in total. The Hall–Kier alpha value is -1.34. The lowest BCUT2D eigenvalue weighted by atomic mass is 10.1. The number of carboxylic acid groups (broad SMARTS) is 1. The van der Waals surface area contributed by atoms with Gasteiger partial charge in [0.25, 0.3) is 0 Å². The van der Waals surface area contributed by atoms with Crippen LogP contribution in [0.4, 0.5) is 0 Å². The smallest absolute Gasteiger partial charge is 0.352 e. The maximum Gasteiger partial charge on any atom is 0.352 e. The van der Waals surface area contributed by atoms with Crippen molar-refractivity contribution < 1.29 is 18.3 Å². The number of carbonyl (C=O) groups is 1. The van der Waals surface area contributed by atoms with E-state index in [2.05, 4.69) is 18.6 Å². The van der Waals surface area contributed by atoms with E-state index in [4.69, 9.17) is 5.11 Å². The predicted molar refractivity (Wildman–Crippen MR) is 76.3 cm³/mol. The van der Waals surface area contributed by atoms with Gasteiger partial charge in [0.2, 0.25) is 10.0 Å². The third-order valence-electron chi connectivity index (χ3n) is 2.99. The van der Waals surface area contributed by atoms with E-state index in [-0.39, 0.29) is 10.6 Å². The number of carboxylic acids is 1. The number of rotatable bonds is 8. The summed E-state index contributed by atoms with van der Waals surface area (Å²) in [5.41, 5.74) is -0.0185. The first-order valence-electron chi connectivity index (χ1n) is 6.71. The topological polar surface area (TPSA) is 88.4 Å². The summed E-state index contributed by atoms with van der Waals surface area (Å²) in [6, 6.07) is 1.19. The van der Waals surface area contributed by atoms with Crippen molar-refractivity contribution in [2.45, 2.75) is 45.1 Å². The molecule has 0 aliphatic rings. The molecule has 1 heterocycles. The fourth-order valence-electron chi connectivity index (χ4n) is 1.87. The molecule has 1 aromatic heterocycles. The molecule has 1 rings (SSSR count). The van der Waals surface area contributed by atoms with Gasteiger partial charge in [-0.25, -0.2) is 17.9 Å². The van der Waals surface area contributed by atoms with Gasteiger partial charge in [-0.1, -0.05) is 13.8 Å². The standard InChI is InChI=1S/C13H22N2O4S/c1-4-15-9-11(8-12(15)13(16)17)20(18,19)14-7-5-6-10(2)3/h8-10,14H,4-7H2,1-3H3,(H,16,17). The second-order valence-corrected chi connectivity index (χ2v) is 6.85. The molecule has 0 aromatic carbocycles. The average molecular weight is 302 g/mol. The molecule has 1 aromatic rings. The highest BCUT2D eigenvalue weighted by atomic mass is 32.2. The number of sulfonamides is 1. The Morgan fingerprint density at radius 1 is 1.45 bits per heavy atom. The Labute approximate surface area is 119 Å². The fraction of sp³-hybridized carbons (Fsp3) is 0.615. The summed E-state index contributed by atoms with van der Waals surface area (Å²) in [5.74, 6) is -0.604. The van der Waals surface area contributed by atoms with E-state index in [0.717, 1.165) is 12.8 Å². The van der Waals surface area contributed by atoms with Gasteiger partial charge in [0, 0.05) is 19.3 Å². The van der Waals surface area contributed by atoms with Crippen molar-refractivity contribution in [1.82, 2.24) is 9.29 Å². The van der Waals surface area contributed by atoms with Crippen LogP contribution < -0.4 is 4.72 Å². The van der Waals surface area contributed by atoms with Crippen molar-refractivity contribution in [1.29, 1.82) is 0 Å². The molecule has 7 heteroatoms. The Morgan fingerprint density at radius 3 is 2.55 bits per heavy atom. The van der Waals surface area contributed by atoms with Crippen molar-refractivity contribution >= 4 is 16.0 Å². The molecule has 0 aliphatic heterocycles. The lowest BCUT2D eigenvalue weighted by Gasteiger charge is -2.06. The zero-order valence-corrected chi connectivity index (χ0v) is 12.9. The number of hydrogen-bond acceptors (Lipinski definition) is 3. The first-order valence-corrected chi connectivity index (χ1v) is 8.19. The Balaban J connectivity index is 2.80. The van der Waals surface area contributed by atoms with E-state index in [9.17, 15) is 13.2 Å². The molecule has 0 spiro atoms. The van der Waals surface area contributed by atoms with E-state index >= 15 is 0 Å². The third kappa shape index (κ3) is 4.35. The Kier molecular flexibility index (Phi) is 5.76. The Morgan fingerprint density at radius 2 is 2.10 bits per heavy atom. The van der Waals surface area contributed by atoms with E-state index in [1.54, 1.807) is 6.92 Å². The zero-order chi connectivity index (χ0) is 15.3. The highest BCUT2D eigenvalue weighted by Crippen LogP contribution is 2.15. The van der Waals surface area contributed by atoms with Crippen LogP contribution in [0.25, 0.3) is 0 Å². The fourth-order valence-corrected chi connectivity index (χ4v) is 2.98. The van der Waals surface area contributed by atoms with Gasteiger partial charge in [-0.3, -0.25) is 0 Å². The van der Waals surface area contributed by atoms with Crippen LogP contribution in [0.3, 0.4) is 0 Å². The SMILES string of the molecule is CCn1cc(S(=O)(=O)NCCCC(C)C)cc1C(=O)O. The van der Waals surface area contributed by atoms with Gasteiger partial charge in [-0.05, 0) is 31.7 Å². The van der Waals surface area contributed by atoms with Crippen LogP contribution in [0.1, 0.15) is 44.1 Å². The molecular weight excluding hydrogens is 280 g/mol. The summed E-state index contributed by atoms with van der Waals surface area (Å²) in [7, 11) is -3.64. The Bertz CT molecular complexity index is 561. The monoisotopic (exact) mass is 302 g/mol. The predicted octanol–water partition coefficient (Wildman–Crippen LogP) is 1.92. The number of hydrogen-bond donors (Lipinski definition) is 2. The molecule has 0 saturated heterocycles. The van der Waals surface area contributed by atoms with Crippen molar-refractivity contribution in [2.24, 2.45) is 5.92 Å². The molecule has 114 valence electrons. The third-order valence-corrected chi connectivity index (χ3v) is 4.42. The van der Waals surface area contributed by atoms with Gasteiger partial charge in [0.15, 0.2) is 0 Å². The van der Waals surface area contributed by atoms with Crippen molar-refractivity contribution in [3.63, 3.8) is 0 Å². The second-order valence-electron chi connectivity index (χ2n) is 5.09. The summed E-state index contributed by atoms with van der Waals surface area (Å²) in [4.78, 5) is 11.0. The van der Waals surface area contributed by atoms with E-state index in [1.165, 1.54) is 16.8 Å². The lowest BCUT2D eigenvalue weighted by Crippen LogP contribution is -2.24. The van der Waals surface area contributed by atoms with E-state index < -0.39 is 16.0 Å². The molecule has 0 aliphatic carbocycles. The van der Waals surface area contributed by atoms with Gasteiger partial charge in [-0.15, -0.1) is 0 Å². The number of aryl methyl sites for hydroxylation is 1. The van der Waals surface area contributed by atoms with Gasteiger partial charge in [0.1, 0.15) is 10.6 Å². The van der Waals surface area contributed by atoms with Gasteiger partial charge < -0.3 is 9.67 Å². The average Bonchev–Trinajstić information content (AvgIpc) is 2.79. The number of aromatic carboxylic acids is 1. The van der Waals surface area contributed by atoms with Crippen molar-refractivity contribution in [3.05, 3.63) is 18.0 Å². The van der Waals surface area contributed by atoms with Crippen molar-refractivity contribution in [3.8, 4) is 0 Å². The molecule has 0 bridgehead atoms. The van der Waals surface area contributed by atoms with Crippen LogP contribution in [0, 0.1) is 5.92 Å². The van der Waals surface area contributed by atoms with Gasteiger partial charge >= 0.3 is 5.97 Å². The van der Waals surface area contributed by atoms with Crippen LogP contribution >= 0.6 is 0 Å². The second kappa shape index (κ2) is 6.90. The molecule has 0 saturated carbocycles. The van der Waals surface area contributed by atoms with Crippen LogP contribution in [-0.2, 0) is 16.6 Å². The molecule has 0 radical (unpaired) electrons. The maximum absolute atomic E-state index is 12.1. The summed E-state index contributed by atoms with van der Waals surface area (Å²) < 4.78 is 28.0. The lowest BCUT2D eigenvalue weighted by molar-refractivity contribution is 0.0685. The van der Waals surface area contributed by atoms with Crippen molar-refractivity contribution in [2.75, 3.05) is 6.54 Å². The van der Waals surface area contributed by atoms with Crippen LogP contribution in [0.2, 0.25) is 0 Å². The minimum atomic E-state index is -3.64. The molecule has 0 amide bonds. The quantitative estimate of drug-likeness (QED) is 0.718. The first-order chi connectivity index (χ1) is 9.27. The normalized spacial score (nSPS) is 12.0. The number of aromatic nitrogens is 1. The largest absolute Gasteiger partial charge is 0.477 e. The summed E-state index contributed by atoms with van der Waals surface area (Å²) in [6.45, 7) is 6.69. The highest BCUT2D eigenvalue weighted by molar-refractivity contribution is 7.89. The summed E-state index contributed by atoms with van der Waals surface area (Å²) in [5, 5.41) is 9.01. The van der Waals surface area contributed by atoms with E-state index in [0.29, 0.717) is 19.0 Å². The minimum Gasteiger partial charge on any atom is -0.477 e. The van der Waals surface area contributed by atoms with Crippen LogP contribution in [0.15, 0.2) is 17.2 Å². The first kappa shape index (κ1) is 16.7. The molecule has 0 fully saturated rings.